The van der Waals surface area contributed by atoms with E-state index in [4.69, 9.17) is 14.2 Å². The highest BCUT2D eigenvalue weighted by Gasteiger charge is 2.23. The molecule has 0 fully saturated rings. The number of fused-ring (bicyclic) bond motifs is 1. The second kappa shape index (κ2) is 13.4. The third-order valence-corrected chi connectivity index (χ3v) is 7.17. The summed E-state index contributed by atoms with van der Waals surface area (Å²) in [6, 6.07) is 16.9. The fraction of sp³-hybridized carbons (Fsp3) is 0.206. The number of aryl methyl sites for hydroxylation is 1. The number of hydrogen-bond donors (Lipinski definition) is 0. The van der Waals surface area contributed by atoms with Crippen LogP contribution in [-0.2, 0) is 6.42 Å². The molecule has 2 aromatic heterocycles. The van der Waals surface area contributed by atoms with Gasteiger partial charge in [-0.05, 0) is 61.7 Å². The SMILES string of the molecule is CCN(C(=O)c1cn(-c2cc(OC)cc(OCCCc3ccncc3)c2)c2cc(OC)ccc2c1=O)c1cc(F)cc(F)c1. The average Bonchev–Trinajstić information content (AvgIpc) is 3.03. The molecule has 0 spiro atoms. The van der Waals surface area contributed by atoms with E-state index < -0.39 is 23.0 Å². The highest BCUT2D eigenvalue weighted by atomic mass is 19.1. The monoisotopic (exact) mass is 599 g/mol. The van der Waals surface area contributed by atoms with Gasteiger partial charge in [0.25, 0.3) is 5.91 Å². The molecule has 0 bridgehead atoms. The third-order valence-electron chi connectivity index (χ3n) is 7.17. The first-order valence-corrected chi connectivity index (χ1v) is 14.0. The minimum Gasteiger partial charge on any atom is -0.497 e. The number of aromatic nitrogens is 2. The van der Waals surface area contributed by atoms with Crippen LogP contribution in [0.1, 0.15) is 29.3 Å². The van der Waals surface area contributed by atoms with Gasteiger partial charge in [0.05, 0.1) is 32.0 Å². The molecule has 0 aliphatic heterocycles. The van der Waals surface area contributed by atoms with Crippen LogP contribution in [0.2, 0.25) is 0 Å². The molecule has 0 radical (unpaired) electrons. The van der Waals surface area contributed by atoms with Crippen molar-refractivity contribution in [2.45, 2.75) is 19.8 Å². The summed E-state index contributed by atoms with van der Waals surface area (Å²) in [7, 11) is 3.05. The van der Waals surface area contributed by atoms with Crippen LogP contribution < -0.4 is 24.5 Å². The summed E-state index contributed by atoms with van der Waals surface area (Å²) >= 11 is 0. The predicted molar refractivity (Wildman–Crippen MR) is 164 cm³/mol. The van der Waals surface area contributed by atoms with Gasteiger partial charge in [0.1, 0.15) is 34.4 Å². The normalized spacial score (nSPS) is 10.9. The van der Waals surface area contributed by atoms with Crippen molar-refractivity contribution in [1.29, 1.82) is 0 Å². The van der Waals surface area contributed by atoms with Crippen LogP contribution in [0.25, 0.3) is 16.6 Å². The van der Waals surface area contributed by atoms with Crippen molar-refractivity contribution < 1.29 is 27.8 Å². The van der Waals surface area contributed by atoms with Gasteiger partial charge in [-0.2, -0.15) is 0 Å². The molecule has 0 unspecified atom stereocenters. The summed E-state index contributed by atoms with van der Waals surface area (Å²) in [6.07, 6.45) is 6.51. The zero-order valence-corrected chi connectivity index (χ0v) is 24.6. The molecule has 226 valence electrons. The molecule has 8 nitrogen and oxygen atoms in total. The third kappa shape index (κ3) is 6.54. The van der Waals surface area contributed by atoms with Crippen molar-refractivity contribution >= 4 is 22.5 Å². The lowest BCUT2D eigenvalue weighted by atomic mass is 10.1. The molecule has 0 saturated carbocycles. The van der Waals surface area contributed by atoms with Gasteiger partial charge in [-0.25, -0.2) is 8.78 Å². The minimum absolute atomic E-state index is 0.000361. The highest BCUT2D eigenvalue weighted by Crippen LogP contribution is 2.30. The Kier molecular flexibility index (Phi) is 9.18. The number of rotatable bonds is 11. The summed E-state index contributed by atoms with van der Waals surface area (Å²) in [4.78, 5) is 32.8. The van der Waals surface area contributed by atoms with Crippen LogP contribution in [0.3, 0.4) is 0 Å². The van der Waals surface area contributed by atoms with Crippen LogP contribution in [0, 0.1) is 11.6 Å². The molecule has 44 heavy (non-hydrogen) atoms. The smallest absolute Gasteiger partial charge is 0.263 e. The second-order valence-corrected chi connectivity index (χ2v) is 9.98. The van der Waals surface area contributed by atoms with Crippen LogP contribution in [0.15, 0.2) is 90.1 Å². The number of halogens is 2. The van der Waals surface area contributed by atoms with Crippen molar-refractivity contribution in [2.24, 2.45) is 0 Å². The molecule has 0 N–H and O–H groups in total. The van der Waals surface area contributed by atoms with E-state index in [0.29, 0.717) is 35.1 Å². The Morgan fingerprint density at radius 1 is 0.886 bits per heavy atom. The summed E-state index contributed by atoms with van der Waals surface area (Å²) in [5.74, 6) is -0.838. The van der Waals surface area contributed by atoms with Gasteiger partial charge >= 0.3 is 0 Å². The summed E-state index contributed by atoms with van der Waals surface area (Å²) < 4.78 is 46.9. The number of anilines is 1. The molecular weight excluding hydrogens is 568 g/mol. The van der Waals surface area contributed by atoms with Crippen LogP contribution >= 0.6 is 0 Å². The van der Waals surface area contributed by atoms with Crippen molar-refractivity contribution in [3.63, 3.8) is 0 Å². The standard InChI is InChI=1S/C34H31F2N3O5/c1-4-38(25-15-23(35)14-24(36)16-25)34(41)31-21-39(32-20-27(42-2)7-8-30(32)33(31)40)26-17-28(43-3)19-29(18-26)44-13-5-6-22-9-11-37-12-10-22/h7-12,14-21H,4-6,13H2,1-3H3. The van der Waals surface area contributed by atoms with Gasteiger partial charge < -0.3 is 23.7 Å². The molecule has 0 aliphatic rings. The maximum Gasteiger partial charge on any atom is 0.263 e. The van der Waals surface area contributed by atoms with Gasteiger partial charge in [-0.3, -0.25) is 14.6 Å². The molecule has 0 atom stereocenters. The largest absolute Gasteiger partial charge is 0.497 e. The number of hydrogen-bond acceptors (Lipinski definition) is 6. The van der Waals surface area contributed by atoms with E-state index in [9.17, 15) is 18.4 Å². The number of methoxy groups -OCH3 is 2. The second-order valence-electron chi connectivity index (χ2n) is 9.98. The fourth-order valence-electron chi connectivity index (χ4n) is 4.99. The first-order chi connectivity index (χ1) is 21.3. The first kappa shape index (κ1) is 30.2. The van der Waals surface area contributed by atoms with Crippen LogP contribution in [-0.4, -0.2) is 42.8 Å². The molecular formula is C34H31F2N3O5. The van der Waals surface area contributed by atoms with Crippen LogP contribution in [0.5, 0.6) is 17.2 Å². The average molecular weight is 600 g/mol. The van der Waals surface area contributed by atoms with Gasteiger partial charge in [0.15, 0.2) is 0 Å². The number of ether oxygens (including phenoxy) is 3. The maximum atomic E-state index is 14.1. The topological polar surface area (TPSA) is 82.9 Å². The molecule has 1 amide bonds. The van der Waals surface area contributed by atoms with Gasteiger partial charge in [0, 0.05) is 66.5 Å². The quantitative estimate of drug-likeness (QED) is 0.164. The van der Waals surface area contributed by atoms with E-state index >= 15 is 0 Å². The van der Waals surface area contributed by atoms with Crippen molar-refractivity contribution in [3.8, 4) is 22.9 Å². The van der Waals surface area contributed by atoms with E-state index in [1.807, 2.05) is 12.1 Å². The Bertz CT molecular complexity index is 1840. The summed E-state index contributed by atoms with van der Waals surface area (Å²) in [5.41, 5.74) is 1.47. The van der Waals surface area contributed by atoms with E-state index in [0.717, 1.165) is 41.5 Å². The Morgan fingerprint density at radius 3 is 2.27 bits per heavy atom. The van der Waals surface area contributed by atoms with Gasteiger partial charge in [-0.15, -0.1) is 0 Å². The van der Waals surface area contributed by atoms with Crippen molar-refractivity contribution in [3.05, 3.63) is 118 Å². The number of benzene rings is 3. The maximum absolute atomic E-state index is 14.1. The number of carbonyl (C=O) groups excluding carboxylic acids is 1. The van der Waals surface area contributed by atoms with Gasteiger partial charge in [0.2, 0.25) is 5.43 Å². The molecule has 5 aromatic rings. The minimum atomic E-state index is -0.834. The van der Waals surface area contributed by atoms with Crippen molar-refractivity contribution in [2.75, 3.05) is 32.3 Å². The van der Waals surface area contributed by atoms with E-state index in [1.165, 1.54) is 20.4 Å². The van der Waals surface area contributed by atoms with Crippen LogP contribution in [0.4, 0.5) is 14.5 Å². The number of amides is 1. The molecule has 5 rings (SSSR count). The van der Waals surface area contributed by atoms with Crippen molar-refractivity contribution in [1.82, 2.24) is 9.55 Å². The summed E-state index contributed by atoms with van der Waals surface area (Å²) in [5, 5.41) is 0.251. The number of carbonyl (C=O) groups is 1. The number of pyridine rings is 2. The molecule has 10 heteroatoms. The lowest BCUT2D eigenvalue weighted by molar-refractivity contribution is 0.0987. The molecule has 3 aromatic carbocycles. The Hall–Kier alpha value is -5.25. The Morgan fingerprint density at radius 2 is 1.59 bits per heavy atom. The Labute approximate surface area is 253 Å². The molecule has 2 heterocycles. The summed E-state index contributed by atoms with van der Waals surface area (Å²) in [6.45, 7) is 2.16. The highest BCUT2D eigenvalue weighted by molar-refractivity contribution is 6.07. The predicted octanol–water partition coefficient (Wildman–Crippen LogP) is 6.36. The number of nitrogens with zero attached hydrogens (tertiary/aromatic N) is 3. The lowest BCUT2D eigenvalue weighted by Crippen LogP contribution is -2.35. The zero-order chi connectivity index (χ0) is 31.2. The van der Waals surface area contributed by atoms with E-state index in [1.54, 1.807) is 60.3 Å². The van der Waals surface area contributed by atoms with E-state index in [2.05, 4.69) is 4.98 Å². The fourth-order valence-corrected chi connectivity index (χ4v) is 4.99. The Balaban J connectivity index is 1.57. The van der Waals surface area contributed by atoms with E-state index in [-0.39, 0.29) is 23.2 Å². The molecule has 0 saturated heterocycles. The molecule has 0 aliphatic carbocycles. The van der Waals surface area contributed by atoms with Gasteiger partial charge in [-0.1, -0.05) is 0 Å². The zero-order valence-electron chi connectivity index (χ0n) is 24.6. The lowest BCUT2D eigenvalue weighted by Gasteiger charge is -2.22. The first-order valence-electron chi connectivity index (χ1n) is 14.0.